The van der Waals surface area contributed by atoms with E-state index in [1.54, 1.807) is 19.2 Å². The van der Waals surface area contributed by atoms with Crippen molar-refractivity contribution >= 4 is 35.8 Å². The predicted octanol–water partition coefficient (Wildman–Crippen LogP) is 3.07. The van der Waals surface area contributed by atoms with Crippen LogP contribution in [0.5, 0.6) is 5.75 Å². The Balaban J connectivity index is 0.00000392. The Hall–Kier alpha value is -1.58. The molecule has 158 valence electrons. The third-order valence-electron chi connectivity index (χ3n) is 4.62. The van der Waals surface area contributed by atoms with Gasteiger partial charge >= 0.3 is 0 Å². The van der Waals surface area contributed by atoms with Crippen LogP contribution in [0.3, 0.4) is 0 Å². The second-order valence-corrected chi connectivity index (χ2v) is 6.97. The first kappa shape index (κ1) is 24.5. The topological polar surface area (TPSA) is 74.8 Å². The molecule has 1 aliphatic rings. The van der Waals surface area contributed by atoms with E-state index in [1.165, 1.54) is 37.8 Å². The standard InChI is InChI=1S/C20H31FN4O2.HI/c1-15(27-18-9-7-17(21)8-10-18)14-25-20(22-2)24-12-11-23-19(26)13-16-5-3-4-6-16;/h7-10,15-16H,3-6,11-14H2,1-2H3,(H,23,26)(H2,22,24,25);1H. The van der Waals surface area contributed by atoms with Crippen molar-refractivity contribution in [1.82, 2.24) is 16.0 Å². The Morgan fingerprint density at radius 2 is 1.82 bits per heavy atom. The van der Waals surface area contributed by atoms with E-state index in [9.17, 15) is 9.18 Å². The van der Waals surface area contributed by atoms with Gasteiger partial charge in [0.1, 0.15) is 17.7 Å². The number of hydrogen-bond donors (Lipinski definition) is 3. The highest BCUT2D eigenvalue weighted by molar-refractivity contribution is 14.0. The van der Waals surface area contributed by atoms with Gasteiger partial charge in [-0.3, -0.25) is 9.79 Å². The van der Waals surface area contributed by atoms with E-state index in [1.807, 2.05) is 6.92 Å². The van der Waals surface area contributed by atoms with Gasteiger partial charge in [-0.25, -0.2) is 4.39 Å². The minimum atomic E-state index is -0.284. The Kier molecular flexibility index (Phi) is 11.9. The Morgan fingerprint density at radius 3 is 2.46 bits per heavy atom. The van der Waals surface area contributed by atoms with E-state index in [-0.39, 0.29) is 41.8 Å². The van der Waals surface area contributed by atoms with Crippen LogP contribution in [-0.2, 0) is 4.79 Å². The van der Waals surface area contributed by atoms with Gasteiger partial charge in [0.15, 0.2) is 5.96 Å². The average Bonchev–Trinajstić information content (AvgIpc) is 3.16. The molecular weight excluding hydrogens is 474 g/mol. The molecule has 3 N–H and O–H groups in total. The van der Waals surface area contributed by atoms with E-state index in [4.69, 9.17) is 4.74 Å². The van der Waals surface area contributed by atoms with Gasteiger partial charge in [0.25, 0.3) is 0 Å². The number of ether oxygens (including phenoxy) is 1. The molecule has 1 aliphatic carbocycles. The third-order valence-corrected chi connectivity index (χ3v) is 4.62. The summed E-state index contributed by atoms with van der Waals surface area (Å²) in [6.45, 7) is 3.63. The molecule has 2 rings (SSSR count). The van der Waals surface area contributed by atoms with Crippen molar-refractivity contribution in [3.8, 4) is 5.75 Å². The largest absolute Gasteiger partial charge is 0.489 e. The smallest absolute Gasteiger partial charge is 0.220 e. The summed E-state index contributed by atoms with van der Waals surface area (Å²) in [5.41, 5.74) is 0. The first-order chi connectivity index (χ1) is 13.1. The monoisotopic (exact) mass is 506 g/mol. The lowest BCUT2D eigenvalue weighted by Gasteiger charge is -2.18. The molecule has 6 nitrogen and oxygen atoms in total. The van der Waals surface area contributed by atoms with Gasteiger partial charge in [-0.1, -0.05) is 12.8 Å². The number of rotatable bonds is 9. The quantitative estimate of drug-likeness (QED) is 0.208. The zero-order chi connectivity index (χ0) is 19.5. The molecule has 1 amide bonds. The number of aliphatic imine (C=N–C) groups is 1. The summed E-state index contributed by atoms with van der Waals surface area (Å²) in [6, 6.07) is 5.95. The number of hydrogen-bond acceptors (Lipinski definition) is 3. The van der Waals surface area contributed by atoms with E-state index < -0.39 is 0 Å². The summed E-state index contributed by atoms with van der Waals surface area (Å²) in [5.74, 6) is 1.68. The van der Waals surface area contributed by atoms with Crippen molar-refractivity contribution in [1.29, 1.82) is 0 Å². The minimum absolute atomic E-state index is 0. The van der Waals surface area contributed by atoms with Crippen molar-refractivity contribution < 1.29 is 13.9 Å². The second kappa shape index (κ2) is 13.6. The molecular formula is C20H32FIN4O2. The maximum absolute atomic E-state index is 12.9. The number of carbonyl (C=O) groups is 1. The van der Waals surface area contributed by atoms with Crippen LogP contribution in [0.25, 0.3) is 0 Å². The van der Waals surface area contributed by atoms with Crippen LogP contribution in [0, 0.1) is 11.7 Å². The predicted molar refractivity (Wildman–Crippen MR) is 121 cm³/mol. The summed E-state index contributed by atoms with van der Waals surface area (Å²) in [7, 11) is 1.69. The van der Waals surface area contributed by atoms with Crippen molar-refractivity contribution in [2.75, 3.05) is 26.7 Å². The molecule has 1 aromatic carbocycles. The minimum Gasteiger partial charge on any atom is -0.489 e. The fourth-order valence-corrected chi connectivity index (χ4v) is 3.18. The van der Waals surface area contributed by atoms with Crippen LogP contribution >= 0.6 is 24.0 Å². The van der Waals surface area contributed by atoms with Gasteiger partial charge in [0.2, 0.25) is 5.91 Å². The zero-order valence-corrected chi connectivity index (χ0v) is 19.0. The SMILES string of the molecule is CN=C(NCCNC(=O)CC1CCCC1)NCC(C)Oc1ccc(F)cc1.I. The van der Waals surface area contributed by atoms with Gasteiger partial charge in [-0.05, 0) is 49.9 Å². The maximum Gasteiger partial charge on any atom is 0.220 e. The first-order valence-corrected chi connectivity index (χ1v) is 9.70. The summed E-state index contributed by atoms with van der Waals surface area (Å²) >= 11 is 0. The molecule has 1 atom stereocenters. The average molecular weight is 506 g/mol. The molecule has 0 spiro atoms. The molecule has 0 aromatic heterocycles. The van der Waals surface area contributed by atoms with Crippen molar-refractivity contribution in [2.45, 2.75) is 45.1 Å². The number of amides is 1. The van der Waals surface area contributed by atoms with E-state index in [0.29, 0.717) is 43.7 Å². The van der Waals surface area contributed by atoms with Crippen LogP contribution in [0.4, 0.5) is 4.39 Å². The number of benzene rings is 1. The number of guanidine groups is 1. The molecule has 0 radical (unpaired) electrons. The Morgan fingerprint density at radius 1 is 1.18 bits per heavy atom. The van der Waals surface area contributed by atoms with Crippen molar-refractivity contribution in [3.05, 3.63) is 30.1 Å². The fraction of sp³-hybridized carbons (Fsp3) is 0.600. The molecule has 0 saturated heterocycles. The molecule has 1 aromatic rings. The van der Waals surface area contributed by atoms with Crippen molar-refractivity contribution in [3.63, 3.8) is 0 Å². The lowest BCUT2D eigenvalue weighted by Crippen LogP contribution is -2.44. The van der Waals surface area contributed by atoms with Gasteiger partial charge in [-0.15, -0.1) is 24.0 Å². The lowest BCUT2D eigenvalue weighted by atomic mass is 10.0. The lowest BCUT2D eigenvalue weighted by molar-refractivity contribution is -0.121. The Bertz CT molecular complexity index is 607. The highest BCUT2D eigenvalue weighted by Gasteiger charge is 2.17. The van der Waals surface area contributed by atoms with Gasteiger partial charge in [-0.2, -0.15) is 0 Å². The van der Waals surface area contributed by atoms with Gasteiger partial charge in [0.05, 0.1) is 6.54 Å². The summed E-state index contributed by atoms with van der Waals surface area (Å²) in [5, 5.41) is 9.29. The van der Waals surface area contributed by atoms with Crippen LogP contribution < -0.4 is 20.7 Å². The van der Waals surface area contributed by atoms with Crippen LogP contribution in [-0.4, -0.2) is 44.7 Å². The van der Waals surface area contributed by atoms with Gasteiger partial charge in [0, 0.05) is 26.6 Å². The molecule has 0 heterocycles. The zero-order valence-electron chi connectivity index (χ0n) is 16.7. The number of halogens is 2. The summed E-state index contributed by atoms with van der Waals surface area (Å²) in [4.78, 5) is 16.1. The Labute approximate surface area is 184 Å². The molecule has 28 heavy (non-hydrogen) atoms. The highest BCUT2D eigenvalue weighted by Crippen LogP contribution is 2.27. The molecule has 1 fully saturated rings. The number of nitrogens with zero attached hydrogens (tertiary/aromatic N) is 1. The number of nitrogens with one attached hydrogen (secondary N) is 3. The van der Waals surface area contributed by atoms with Crippen LogP contribution in [0.1, 0.15) is 39.0 Å². The molecule has 8 heteroatoms. The second-order valence-electron chi connectivity index (χ2n) is 6.97. The highest BCUT2D eigenvalue weighted by atomic mass is 127. The van der Waals surface area contributed by atoms with Crippen LogP contribution in [0.15, 0.2) is 29.3 Å². The van der Waals surface area contributed by atoms with E-state index in [0.717, 1.165) is 0 Å². The summed E-state index contributed by atoms with van der Waals surface area (Å²) < 4.78 is 18.6. The van der Waals surface area contributed by atoms with Crippen LogP contribution in [0.2, 0.25) is 0 Å². The number of carbonyl (C=O) groups excluding carboxylic acids is 1. The molecule has 1 unspecified atom stereocenters. The van der Waals surface area contributed by atoms with Crippen molar-refractivity contribution in [2.24, 2.45) is 10.9 Å². The maximum atomic E-state index is 12.9. The first-order valence-electron chi connectivity index (χ1n) is 9.70. The normalized spacial score (nSPS) is 15.5. The van der Waals surface area contributed by atoms with Gasteiger partial charge < -0.3 is 20.7 Å². The molecule has 0 bridgehead atoms. The molecule has 1 saturated carbocycles. The molecule has 0 aliphatic heterocycles. The van der Waals surface area contributed by atoms with E-state index >= 15 is 0 Å². The summed E-state index contributed by atoms with van der Waals surface area (Å²) in [6.07, 6.45) is 5.40. The fourth-order valence-electron chi connectivity index (χ4n) is 3.18. The third kappa shape index (κ3) is 9.57. The van der Waals surface area contributed by atoms with E-state index in [2.05, 4.69) is 20.9 Å².